The van der Waals surface area contributed by atoms with Gasteiger partial charge in [-0.25, -0.2) is 14.8 Å². The summed E-state index contributed by atoms with van der Waals surface area (Å²) in [6.45, 7) is 6.29. The lowest BCUT2D eigenvalue weighted by Crippen LogP contribution is -2.46. The van der Waals surface area contributed by atoms with Crippen LogP contribution in [0.4, 0.5) is 10.5 Å². The number of pyridine rings is 1. The number of aromatic amines is 1. The van der Waals surface area contributed by atoms with E-state index in [1.807, 2.05) is 37.3 Å². The first-order chi connectivity index (χ1) is 16.5. The molecule has 1 aliphatic rings. The Labute approximate surface area is 200 Å². The summed E-state index contributed by atoms with van der Waals surface area (Å²) in [6.07, 6.45) is 0.598. The number of aromatic nitrogens is 4. The summed E-state index contributed by atoms with van der Waals surface area (Å²) in [4.78, 5) is 27.8. The molecule has 1 amide bonds. The van der Waals surface area contributed by atoms with Crippen LogP contribution in [0.1, 0.15) is 17.0 Å². The molecule has 3 N–H and O–H groups in total. The van der Waals surface area contributed by atoms with Crippen molar-refractivity contribution < 1.29 is 14.4 Å². The Kier molecular flexibility index (Phi) is 6.08. The van der Waals surface area contributed by atoms with Gasteiger partial charge in [-0.1, -0.05) is 41.0 Å². The van der Waals surface area contributed by atoms with Crippen molar-refractivity contribution in [2.75, 3.05) is 31.1 Å². The van der Waals surface area contributed by atoms with E-state index in [0.717, 1.165) is 66.5 Å². The van der Waals surface area contributed by atoms with Crippen LogP contribution in [-0.2, 0) is 13.1 Å². The van der Waals surface area contributed by atoms with Crippen molar-refractivity contribution in [2.24, 2.45) is 0 Å². The predicted molar refractivity (Wildman–Crippen MR) is 128 cm³/mol. The summed E-state index contributed by atoms with van der Waals surface area (Å²) >= 11 is 6.60. The van der Waals surface area contributed by atoms with E-state index >= 15 is 0 Å². The van der Waals surface area contributed by atoms with E-state index < -0.39 is 6.09 Å². The van der Waals surface area contributed by atoms with Gasteiger partial charge in [0, 0.05) is 50.9 Å². The Bertz CT molecular complexity index is 1310. The molecule has 1 aliphatic heterocycles. The molecule has 0 bridgehead atoms. The molecule has 11 heteroatoms. The van der Waals surface area contributed by atoms with Crippen molar-refractivity contribution in [3.63, 3.8) is 0 Å². The molecule has 0 radical (unpaired) electrons. The van der Waals surface area contributed by atoms with Crippen LogP contribution in [0.3, 0.4) is 0 Å². The highest BCUT2D eigenvalue weighted by atomic mass is 35.5. The fourth-order valence-corrected chi connectivity index (χ4v) is 4.44. The van der Waals surface area contributed by atoms with Crippen LogP contribution in [0.2, 0.25) is 5.02 Å². The van der Waals surface area contributed by atoms with E-state index in [1.54, 1.807) is 6.20 Å². The number of hydrogen-bond acceptors (Lipinski definition) is 7. The summed E-state index contributed by atoms with van der Waals surface area (Å²) in [7, 11) is 0. The number of rotatable bonds is 6. The fraction of sp³-hybridized carbons (Fsp3) is 0.304. The summed E-state index contributed by atoms with van der Waals surface area (Å²) < 4.78 is 5.18. The lowest BCUT2D eigenvalue weighted by Gasteiger charge is -2.36. The molecule has 5 rings (SSSR count). The number of carboxylic acid groups (broad SMARTS) is 1. The molecule has 1 fully saturated rings. The number of halogens is 1. The van der Waals surface area contributed by atoms with Gasteiger partial charge in [-0.3, -0.25) is 4.90 Å². The number of nitrogens with zero attached hydrogens (tertiary/aromatic N) is 5. The summed E-state index contributed by atoms with van der Waals surface area (Å²) in [5, 5.41) is 15.8. The van der Waals surface area contributed by atoms with Crippen molar-refractivity contribution in [1.82, 2.24) is 30.3 Å². The van der Waals surface area contributed by atoms with Crippen LogP contribution in [-0.4, -0.2) is 62.4 Å². The summed E-state index contributed by atoms with van der Waals surface area (Å²) in [5.74, 6) is 1.50. The number of carbonyl (C=O) groups is 1. The van der Waals surface area contributed by atoms with Gasteiger partial charge in [0.05, 0.1) is 22.6 Å². The van der Waals surface area contributed by atoms with Crippen LogP contribution >= 0.6 is 11.6 Å². The molecule has 3 aromatic heterocycles. The molecule has 0 aliphatic carbocycles. The number of aryl methyl sites for hydroxylation is 1. The molecular formula is C23H24ClN7O3. The number of imidazole rings is 1. The zero-order valence-corrected chi connectivity index (χ0v) is 19.3. The Morgan fingerprint density at radius 3 is 2.68 bits per heavy atom. The number of nitrogens with one attached hydrogen (secondary N) is 2. The van der Waals surface area contributed by atoms with E-state index in [1.165, 1.54) is 0 Å². The Balaban J connectivity index is 1.33. The molecular weight excluding hydrogens is 458 g/mol. The highest BCUT2D eigenvalue weighted by Crippen LogP contribution is 2.34. The van der Waals surface area contributed by atoms with E-state index in [-0.39, 0.29) is 6.54 Å². The van der Waals surface area contributed by atoms with Crippen LogP contribution < -0.4 is 10.2 Å². The number of H-pyrrole nitrogens is 1. The summed E-state index contributed by atoms with van der Waals surface area (Å²) in [5.41, 5.74) is 5.00. The van der Waals surface area contributed by atoms with Crippen LogP contribution in [0.5, 0.6) is 0 Å². The maximum Gasteiger partial charge on any atom is 0.404 e. The Morgan fingerprint density at radius 1 is 1.24 bits per heavy atom. The van der Waals surface area contributed by atoms with Gasteiger partial charge in [-0.15, -0.1) is 0 Å². The zero-order valence-electron chi connectivity index (χ0n) is 18.6. The maximum atomic E-state index is 10.7. The molecule has 0 saturated carbocycles. The number of hydrogen-bond donors (Lipinski definition) is 3. The first-order valence-electron chi connectivity index (χ1n) is 11.0. The van der Waals surface area contributed by atoms with Crippen molar-refractivity contribution >= 4 is 34.5 Å². The monoisotopic (exact) mass is 481 g/mol. The number of piperazine rings is 1. The quantitative estimate of drug-likeness (QED) is 0.381. The molecule has 0 unspecified atom stereocenters. The average Bonchev–Trinajstić information content (AvgIpc) is 3.44. The van der Waals surface area contributed by atoms with E-state index in [2.05, 4.69) is 35.2 Å². The first kappa shape index (κ1) is 22.2. The van der Waals surface area contributed by atoms with Crippen molar-refractivity contribution in [2.45, 2.75) is 20.0 Å². The number of amides is 1. The molecule has 1 saturated heterocycles. The predicted octanol–water partition coefficient (Wildman–Crippen LogP) is 3.66. The SMILES string of the molecule is Cc1cc(CN2CCN(c3c(Cl)cnc4nc(-c5ccc(CNC(=O)O)cc5)[nH]c34)CC2)no1. The maximum absolute atomic E-state index is 10.7. The third-order valence-corrected chi connectivity index (χ3v) is 6.15. The summed E-state index contributed by atoms with van der Waals surface area (Å²) in [6, 6.07) is 9.52. The normalized spacial score (nSPS) is 14.6. The zero-order chi connectivity index (χ0) is 23.7. The van der Waals surface area contributed by atoms with Gasteiger partial charge in [0.25, 0.3) is 0 Å². The smallest absolute Gasteiger partial charge is 0.404 e. The third-order valence-electron chi connectivity index (χ3n) is 5.87. The van der Waals surface area contributed by atoms with Crippen molar-refractivity contribution in [3.05, 3.63) is 58.6 Å². The minimum Gasteiger partial charge on any atom is -0.465 e. The van der Waals surface area contributed by atoms with Gasteiger partial charge in [0.2, 0.25) is 0 Å². The molecule has 4 aromatic rings. The molecule has 1 aromatic carbocycles. The van der Waals surface area contributed by atoms with Gasteiger partial charge < -0.3 is 24.8 Å². The Morgan fingerprint density at radius 2 is 2.00 bits per heavy atom. The average molecular weight is 482 g/mol. The van der Waals surface area contributed by atoms with E-state index in [4.69, 9.17) is 21.2 Å². The second kappa shape index (κ2) is 9.32. The lowest BCUT2D eigenvalue weighted by atomic mass is 10.1. The standard InChI is InChI=1S/C23H24ClN7O3/c1-14-10-17(29-34-14)13-30-6-8-31(9-7-30)20-18(24)12-25-22-19(20)27-21(28-22)16-4-2-15(3-5-16)11-26-23(32)33/h2-5,10,12,26H,6-9,11,13H2,1H3,(H,32,33)(H,25,27,28). The number of benzene rings is 1. The first-order valence-corrected chi connectivity index (χ1v) is 11.3. The minimum atomic E-state index is -1.05. The number of fused-ring (bicyclic) bond motifs is 1. The van der Waals surface area contributed by atoms with Crippen molar-refractivity contribution in [3.8, 4) is 11.4 Å². The van der Waals surface area contributed by atoms with Gasteiger partial charge >= 0.3 is 6.09 Å². The molecule has 0 atom stereocenters. The van der Waals surface area contributed by atoms with Crippen LogP contribution in [0.15, 0.2) is 41.1 Å². The topological polar surface area (TPSA) is 123 Å². The van der Waals surface area contributed by atoms with Gasteiger partial charge in [-0.2, -0.15) is 0 Å². The van der Waals surface area contributed by atoms with Gasteiger partial charge in [-0.05, 0) is 12.5 Å². The van der Waals surface area contributed by atoms with Crippen molar-refractivity contribution in [1.29, 1.82) is 0 Å². The second-order valence-corrected chi connectivity index (χ2v) is 8.69. The van der Waals surface area contributed by atoms with Gasteiger partial charge in [0.1, 0.15) is 17.1 Å². The highest BCUT2D eigenvalue weighted by molar-refractivity contribution is 6.34. The van der Waals surface area contributed by atoms with E-state index in [9.17, 15) is 4.79 Å². The van der Waals surface area contributed by atoms with Gasteiger partial charge in [0.15, 0.2) is 5.65 Å². The Hall–Kier alpha value is -3.63. The number of anilines is 1. The third kappa shape index (κ3) is 4.68. The molecule has 34 heavy (non-hydrogen) atoms. The molecule has 4 heterocycles. The van der Waals surface area contributed by atoms with Crippen LogP contribution in [0.25, 0.3) is 22.6 Å². The fourth-order valence-electron chi connectivity index (χ4n) is 4.18. The molecule has 176 valence electrons. The largest absolute Gasteiger partial charge is 0.465 e. The van der Waals surface area contributed by atoms with Crippen LogP contribution in [0, 0.1) is 6.92 Å². The highest BCUT2D eigenvalue weighted by Gasteiger charge is 2.23. The second-order valence-electron chi connectivity index (χ2n) is 8.29. The lowest BCUT2D eigenvalue weighted by molar-refractivity contribution is 0.194. The van der Waals surface area contributed by atoms with E-state index in [0.29, 0.717) is 16.5 Å². The minimum absolute atomic E-state index is 0.249. The molecule has 10 nitrogen and oxygen atoms in total. The molecule has 0 spiro atoms.